The molecule has 0 saturated heterocycles. The van der Waals surface area contributed by atoms with Crippen molar-refractivity contribution in [1.82, 2.24) is 20.0 Å². The lowest BCUT2D eigenvalue weighted by Crippen LogP contribution is -1.99. The number of nitrogens with two attached hydrogens (primary N) is 1. The molecule has 0 aliphatic rings. The topological polar surface area (TPSA) is 69.6 Å². The molecule has 2 aromatic heterocycles. The molecule has 0 radical (unpaired) electrons. The molecular weight excluding hydrogens is 249 g/mol. The number of hydrogen-bond donors (Lipinski definition) is 1. The molecule has 0 amide bonds. The number of rotatable bonds is 1. The average Bonchev–Trinajstić information content (AvgIpc) is 2.49. The molecule has 88 valence electrons. The van der Waals surface area contributed by atoms with Crippen molar-refractivity contribution in [3.63, 3.8) is 0 Å². The number of anilines is 1. The summed E-state index contributed by atoms with van der Waals surface area (Å²) in [7, 11) is 1.88. The average molecular weight is 262 g/mol. The molecule has 0 spiro atoms. The third-order valence-electron chi connectivity index (χ3n) is 2.05. The predicted molar refractivity (Wildman–Crippen MR) is 67.9 cm³/mol. The van der Waals surface area contributed by atoms with Crippen LogP contribution in [0.2, 0.25) is 0 Å². The van der Waals surface area contributed by atoms with Gasteiger partial charge in [0.25, 0.3) is 0 Å². The van der Waals surface area contributed by atoms with E-state index in [1.807, 2.05) is 20.0 Å². The summed E-state index contributed by atoms with van der Waals surface area (Å²) in [6.07, 6.45) is 1.80. The number of halogens is 2. The zero-order valence-electron chi connectivity index (χ0n) is 8.91. The summed E-state index contributed by atoms with van der Waals surface area (Å²) in [5, 5.41) is 11.9. The van der Waals surface area contributed by atoms with Gasteiger partial charge in [0.05, 0.1) is 11.9 Å². The molecule has 2 heterocycles. The van der Waals surface area contributed by atoms with Crippen LogP contribution in [0.3, 0.4) is 0 Å². The Morgan fingerprint density at radius 2 is 1.88 bits per heavy atom. The van der Waals surface area contributed by atoms with Crippen LogP contribution in [0.15, 0.2) is 18.3 Å². The Kier molecular flexibility index (Phi) is 5.20. The third kappa shape index (κ3) is 2.62. The van der Waals surface area contributed by atoms with Crippen molar-refractivity contribution in [3.8, 4) is 11.4 Å². The molecule has 0 aromatic carbocycles. The van der Waals surface area contributed by atoms with Crippen molar-refractivity contribution < 1.29 is 0 Å². The molecule has 2 aromatic rings. The van der Waals surface area contributed by atoms with Crippen molar-refractivity contribution in [2.45, 2.75) is 6.92 Å². The Hall–Kier alpha value is -1.33. The maximum atomic E-state index is 5.46. The first kappa shape index (κ1) is 14.7. The third-order valence-corrected chi connectivity index (χ3v) is 2.05. The van der Waals surface area contributed by atoms with Crippen LogP contribution >= 0.6 is 24.8 Å². The molecule has 0 fully saturated rings. The normalized spacial score (nSPS) is 9.12. The molecule has 16 heavy (non-hydrogen) atoms. The van der Waals surface area contributed by atoms with Gasteiger partial charge in [0.1, 0.15) is 11.5 Å². The van der Waals surface area contributed by atoms with Gasteiger partial charge in [-0.25, -0.2) is 0 Å². The van der Waals surface area contributed by atoms with Crippen LogP contribution in [0.25, 0.3) is 11.4 Å². The van der Waals surface area contributed by atoms with Crippen molar-refractivity contribution in [1.29, 1.82) is 0 Å². The summed E-state index contributed by atoms with van der Waals surface area (Å²) in [6.45, 7) is 1.99. The molecule has 0 aliphatic carbocycles. The molecule has 7 heteroatoms. The van der Waals surface area contributed by atoms with E-state index in [1.54, 1.807) is 16.9 Å². The van der Waals surface area contributed by atoms with E-state index in [0.29, 0.717) is 5.82 Å². The molecule has 0 aliphatic heterocycles. The van der Waals surface area contributed by atoms with Gasteiger partial charge in [-0.15, -0.1) is 35.0 Å². The van der Waals surface area contributed by atoms with Gasteiger partial charge in [0, 0.05) is 7.05 Å². The Labute approximate surface area is 106 Å². The van der Waals surface area contributed by atoms with Crippen LogP contribution in [0, 0.1) is 6.92 Å². The highest BCUT2D eigenvalue weighted by molar-refractivity contribution is 5.85. The summed E-state index contributed by atoms with van der Waals surface area (Å²) in [5.41, 5.74) is 8.29. The fraction of sp³-hybridized carbons (Fsp3) is 0.222. The Morgan fingerprint density at radius 1 is 1.19 bits per heavy atom. The maximum Gasteiger partial charge on any atom is 0.146 e. The van der Waals surface area contributed by atoms with E-state index >= 15 is 0 Å². The molecule has 0 unspecified atom stereocenters. The predicted octanol–water partition coefficient (Wildman–Crippen LogP) is 1.61. The highest BCUT2D eigenvalue weighted by Gasteiger charge is 2.08. The van der Waals surface area contributed by atoms with Gasteiger partial charge in [0.15, 0.2) is 0 Å². The highest BCUT2D eigenvalue weighted by atomic mass is 35.5. The summed E-state index contributed by atoms with van der Waals surface area (Å²) in [4.78, 5) is 0. The van der Waals surface area contributed by atoms with Crippen LogP contribution in [0.4, 0.5) is 5.82 Å². The fourth-order valence-corrected chi connectivity index (χ4v) is 1.38. The van der Waals surface area contributed by atoms with Gasteiger partial charge >= 0.3 is 0 Å². The van der Waals surface area contributed by atoms with Crippen molar-refractivity contribution in [2.75, 3.05) is 5.73 Å². The summed E-state index contributed by atoms with van der Waals surface area (Å²) in [6, 6.07) is 3.57. The molecule has 2 rings (SSSR count). The van der Waals surface area contributed by atoms with E-state index in [1.165, 1.54) is 0 Å². The van der Waals surface area contributed by atoms with Gasteiger partial charge < -0.3 is 5.73 Å². The second-order valence-corrected chi connectivity index (χ2v) is 3.14. The molecule has 0 bridgehead atoms. The van der Waals surface area contributed by atoms with Gasteiger partial charge in [-0.05, 0) is 24.6 Å². The minimum absolute atomic E-state index is 0. The summed E-state index contributed by atoms with van der Waals surface area (Å²) in [5.74, 6) is 0.425. The molecule has 0 atom stereocenters. The molecule has 2 N–H and O–H groups in total. The quantitative estimate of drug-likeness (QED) is 0.847. The van der Waals surface area contributed by atoms with Crippen LogP contribution in [-0.4, -0.2) is 20.0 Å². The second kappa shape index (κ2) is 5.67. The number of nitrogens with zero attached hydrogens (tertiary/aromatic N) is 4. The van der Waals surface area contributed by atoms with E-state index in [0.717, 1.165) is 17.0 Å². The Bertz CT molecular complexity index is 432. The van der Waals surface area contributed by atoms with Gasteiger partial charge in [-0.2, -0.15) is 5.10 Å². The molecular formula is C9H13Cl2N5. The first-order valence-corrected chi connectivity index (χ1v) is 4.26. The van der Waals surface area contributed by atoms with Crippen molar-refractivity contribution in [2.24, 2.45) is 7.05 Å². The highest BCUT2D eigenvalue weighted by Crippen LogP contribution is 2.19. The van der Waals surface area contributed by atoms with Crippen LogP contribution in [-0.2, 0) is 7.05 Å². The van der Waals surface area contributed by atoms with Crippen LogP contribution < -0.4 is 5.73 Å². The number of nitrogen functional groups attached to an aromatic ring is 1. The zero-order chi connectivity index (χ0) is 10.1. The molecule has 5 nitrogen and oxygen atoms in total. The van der Waals surface area contributed by atoms with E-state index in [-0.39, 0.29) is 24.8 Å². The van der Waals surface area contributed by atoms with E-state index in [4.69, 9.17) is 5.73 Å². The first-order valence-electron chi connectivity index (χ1n) is 4.26. The number of aromatic nitrogens is 4. The van der Waals surface area contributed by atoms with Gasteiger partial charge in [-0.3, -0.25) is 4.68 Å². The van der Waals surface area contributed by atoms with Crippen molar-refractivity contribution >= 4 is 30.6 Å². The number of aryl methyl sites for hydroxylation is 2. The van der Waals surface area contributed by atoms with Crippen LogP contribution in [0.1, 0.15) is 5.56 Å². The zero-order valence-corrected chi connectivity index (χ0v) is 10.5. The lowest BCUT2D eigenvalue weighted by molar-refractivity contribution is 0.770. The van der Waals surface area contributed by atoms with Crippen molar-refractivity contribution in [3.05, 3.63) is 23.9 Å². The monoisotopic (exact) mass is 261 g/mol. The lowest BCUT2D eigenvalue weighted by Gasteiger charge is -2.01. The Balaban J connectivity index is 0.00000112. The summed E-state index contributed by atoms with van der Waals surface area (Å²) >= 11 is 0. The Morgan fingerprint density at radius 3 is 2.31 bits per heavy atom. The van der Waals surface area contributed by atoms with E-state index in [9.17, 15) is 0 Å². The lowest BCUT2D eigenvalue weighted by atomic mass is 10.2. The largest absolute Gasteiger partial charge is 0.382 e. The smallest absolute Gasteiger partial charge is 0.146 e. The molecule has 0 saturated carbocycles. The number of hydrogen-bond acceptors (Lipinski definition) is 4. The first-order chi connectivity index (χ1) is 6.68. The fourth-order valence-electron chi connectivity index (χ4n) is 1.38. The van der Waals surface area contributed by atoms with E-state index < -0.39 is 0 Å². The minimum Gasteiger partial charge on any atom is -0.382 e. The standard InChI is InChI=1S/C9H11N5.2ClH/c1-6-5-11-14(2)9(6)7-3-4-8(10)13-12-7;;/h3-5H,1-2H3,(H2,10,13);2*1H. The SMILES string of the molecule is Cc1cnn(C)c1-c1ccc(N)nn1.Cl.Cl. The van der Waals surface area contributed by atoms with Gasteiger partial charge in [0.2, 0.25) is 0 Å². The van der Waals surface area contributed by atoms with Gasteiger partial charge in [-0.1, -0.05) is 0 Å². The van der Waals surface area contributed by atoms with Crippen LogP contribution in [0.5, 0.6) is 0 Å². The maximum absolute atomic E-state index is 5.46. The van der Waals surface area contributed by atoms with E-state index in [2.05, 4.69) is 15.3 Å². The summed E-state index contributed by atoms with van der Waals surface area (Å²) < 4.78 is 1.77. The second-order valence-electron chi connectivity index (χ2n) is 3.14. The minimum atomic E-state index is 0.